The molecule has 0 spiro atoms. The summed E-state index contributed by atoms with van der Waals surface area (Å²) in [5.41, 5.74) is 9.88. The molecule has 0 N–H and O–H groups in total. The zero-order valence-corrected chi connectivity index (χ0v) is 20.5. The van der Waals surface area contributed by atoms with Gasteiger partial charge in [0, 0.05) is 24.3 Å². The Bertz CT molecular complexity index is 1020. The number of benzene rings is 2. The molecule has 0 bridgehead atoms. The van der Waals surface area contributed by atoms with Crippen molar-refractivity contribution >= 4 is 12.4 Å². The lowest BCUT2D eigenvalue weighted by Gasteiger charge is -2.28. The zero-order valence-electron chi connectivity index (χ0n) is 20.5. The van der Waals surface area contributed by atoms with Crippen LogP contribution in [0, 0.1) is 13.8 Å². The monoisotopic (exact) mass is 462 g/mol. The molecule has 180 valence electrons. The summed E-state index contributed by atoms with van der Waals surface area (Å²) in [6, 6.07) is 8.73. The molecule has 2 aliphatic heterocycles. The Hall–Kier alpha value is -2.36. The number of aryl methyl sites for hydroxylation is 2. The highest BCUT2D eigenvalue weighted by molar-refractivity contribution is 5.85. The number of hydrogen-bond acceptors (Lipinski definition) is 2. The molecule has 4 unspecified atom stereocenters. The molecule has 0 amide bonds. The van der Waals surface area contributed by atoms with Gasteiger partial charge >= 0.3 is 0 Å². The fourth-order valence-corrected chi connectivity index (χ4v) is 6.26. The smallest absolute Gasteiger partial charge is 0.107 e. The van der Waals surface area contributed by atoms with Crippen LogP contribution in [0.1, 0.15) is 108 Å². The Balaban J connectivity index is 0.000000142. The first-order valence-corrected chi connectivity index (χ1v) is 13.1. The maximum Gasteiger partial charge on any atom is 0.107 e. The van der Waals surface area contributed by atoms with Crippen LogP contribution in [0.25, 0.3) is 0 Å². The molecule has 6 rings (SSSR count). The molecule has 2 fully saturated rings. The molecule has 2 aromatic carbocycles. The van der Waals surface area contributed by atoms with Crippen molar-refractivity contribution in [3.63, 3.8) is 0 Å². The minimum atomic E-state index is -0.650. The third-order valence-electron chi connectivity index (χ3n) is 8.20. The topological polar surface area (TPSA) is 24.7 Å². The number of alkyl halides is 2. The van der Waals surface area contributed by atoms with Crippen molar-refractivity contribution < 1.29 is 8.78 Å². The Morgan fingerprint density at radius 1 is 0.618 bits per heavy atom. The highest BCUT2D eigenvalue weighted by Gasteiger charge is 2.29. The first-order chi connectivity index (χ1) is 16.5. The number of aliphatic imine (C=N–C) groups is 2. The number of hydrogen-bond donors (Lipinski definition) is 0. The second-order valence-corrected chi connectivity index (χ2v) is 10.6. The maximum atomic E-state index is 14.0. The van der Waals surface area contributed by atoms with Gasteiger partial charge in [0.15, 0.2) is 0 Å². The molecule has 2 aliphatic carbocycles. The lowest BCUT2D eigenvalue weighted by Crippen LogP contribution is -2.19. The van der Waals surface area contributed by atoms with Gasteiger partial charge in [-0.15, -0.1) is 0 Å². The molecule has 2 aromatic rings. The van der Waals surface area contributed by atoms with E-state index in [2.05, 4.69) is 48.1 Å². The molecule has 4 aliphatic rings. The molecular formula is C30H36F2N2. The van der Waals surface area contributed by atoms with Gasteiger partial charge in [-0.25, -0.2) is 8.78 Å². The van der Waals surface area contributed by atoms with Gasteiger partial charge in [0.1, 0.15) is 12.3 Å². The average molecular weight is 463 g/mol. The van der Waals surface area contributed by atoms with Gasteiger partial charge in [0.2, 0.25) is 0 Å². The van der Waals surface area contributed by atoms with Gasteiger partial charge in [-0.05, 0) is 96.2 Å². The van der Waals surface area contributed by atoms with Gasteiger partial charge in [0.25, 0.3) is 0 Å². The predicted molar refractivity (Wildman–Crippen MR) is 137 cm³/mol. The van der Waals surface area contributed by atoms with E-state index in [-0.39, 0.29) is 11.8 Å². The third kappa shape index (κ3) is 4.74. The van der Waals surface area contributed by atoms with Crippen molar-refractivity contribution in [2.24, 2.45) is 9.98 Å². The van der Waals surface area contributed by atoms with Gasteiger partial charge in [0.05, 0.1) is 13.1 Å². The van der Waals surface area contributed by atoms with Gasteiger partial charge in [-0.3, -0.25) is 9.98 Å². The summed E-state index contributed by atoms with van der Waals surface area (Å²) in [6.07, 6.45) is 10.5. The second kappa shape index (κ2) is 10.1. The third-order valence-corrected chi connectivity index (χ3v) is 8.20. The normalized spacial score (nSPS) is 27.2. The Morgan fingerprint density at radius 2 is 1.03 bits per heavy atom. The van der Waals surface area contributed by atoms with Crippen LogP contribution in [-0.4, -0.2) is 24.8 Å². The fourth-order valence-electron chi connectivity index (χ4n) is 6.26. The fraction of sp³-hybridized carbons (Fsp3) is 0.533. The van der Waals surface area contributed by atoms with Crippen LogP contribution < -0.4 is 0 Å². The van der Waals surface area contributed by atoms with Crippen molar-refractivity contribution in [3.8, 4) is 0 Å². The summed E-state index contributed by atoms with van der Waals surface area (Å²) in [7, 11) is 0. The van der Waals surface area contributed by atoms with Crippen molar-refractivity contribution in [1.82, 2.24) is 0 Å². The van der Waals surface area contributed by atoms with Crippen molar-refractivity contribution in [2.75, 3.05) is 0 Å². The summed E-state index contributed by atoms with van der Waals surface area (Å²) < 4.78 is 28.1. The highest BCUT2D eigenvalue weighted by Crippen LogP contribution is 2.39. The van der Waals surface area contributed by atoms with Gasteiger partial charge in [-0.1, -0.05) is 37.8 Å². The van der Waals surface area contributed by atoms with Gasteiger partial charge in [-0.2, -0.15) is 0 Å². The summed E-state index contributed by atoms with van der Waals surface area (Å²) in [5, 5.41) is 0. The number of nitrogens with zero attached hydrogens (tertiary/aromatic N) is 2. The van der Waals surface area contributed by atoms with E-state index in [4.69, 9.17) is 0 Å². The van der Waals surface area contributed by atoms with E-state index >= 15 is 0 Å². The highest BCUT2D eigenvalue weighted by atomic mass is 19.1. The minimum Gasteiger partial charge on any atom is -0.288 e. The maximum absolute atomic E-state index is 14.0. The molecule has 2 saturated carbocycles. The van der Waals surface area contributed by atoms with Crippen LogP contribution in [0.5, 0.6) is 0 Å². The number of halogens is 2. The molecule has 4 heteroatoms. The Labute approximate surface area is 202 Å². The van der Waals surface area contributed by atoms with Crippen molar-refractivity contribution in [2.45, 2.75) is 102 Å². The Morgan fingerprint density at radius 3 is 1.44 bits per heavy atom. The predicted octanol–water partition coefficient (Wildman–Crippen LogP) is 7.85. The molecule has 0 saturated heterocycles. The quantitative estimate of drug-likeness (QED) is 0.434. The van der Waals surface area contributed by atoms with E-state index in [1.54, 1.807) is 0 Å². The molecule has 0 aromatic heterocycles. The van der Waals surface area contributed by atoms with Crippen LogP contribution in [0.2, 0.25) is 0 Å². The van der Waals surface area contributed by atoms with Crippen LogP contribution in [0.4, 0.5) is 8.78 Å². The van der Waals surface area contributed by atoms with E-state index < -0.39 is 12.3 Å². The number of rotatable bonds is 2. The molecule has 34 heavy (non-hydrogen) atoms. The van der Waals surface area contributed by atoms with Crippen LogP contribution in [0.15, 0.2) is 34.3 Å². The van der Waals surface area contributed by atoms with E-state index in [0.717, 1.165) is 64.5 Å². The second-order valence-electron chi connectivity index (χ2n) is 10.6. The lowest BCUT2D eigenvalue weighted by atomic mass is 9.80. The summed E-state index contributed by atoms with van der Waals surface area (Å²) in [5.74, 6) is 0.240. The molecule has 2 nitrogen and oxygen atoms in total. The average Bonchev–Trinajstić information content (AvgIpc) is 3.48. The first-order valence-electron chi connectivity index (χ1n) is 13.1. The first kappa shape index (κ1) is 23.4. The van der Waals surface area contributed by atoms with Crippen LogP contribution in [0.3, 0.4) is 0 Å². The van der Waals surface area contributed by atoms with Crippen molar-refractivity contribution in [1.29, 1.82) is 0 Å². The van der Waals surface area contributed by atoms with Crippen LogP contribution >= 0.6 is 0 Å². The Kier molecular flexibility index (Phi) is 6.94. The summed E-state index contributed by atoms with van der Waals surface area (Å²) in [6.45, 7) is 5.74. The zero-order chi connectivity index (χ0) is 23.7. The molecule has 2 heterocycles. The van der Waals surface area contributed by atoms with E-state index in [1.165, 1.54) is 44.5 Å². The van der Waals surface area contributed by atoms with Crippen molar-refractivity contribution in [3.05, 3.63) is 68.8 Å². The standard InChI is InChI=1S/2C15H18FN/c2*1-10-6-11-8-17-9-12(11)7-14(10)13-4-2-3-5-15(13)16/h2*6-8,13,15H,2-5,9H2,1H3. The van der Waals surface area contributed by atoms with E-state index in [9.17, 15) is 8.78 Å². The lowest BCUT2D eigenvalue weighted by molar-refractivity contribution is 0.215. The van der Waals surface area contributed by atoms with E-state index in [0.29, 0.717) is 0 Å². The number of fused-ring (bicyclic) bond motifs is 2. The molecule has 0 radical (unpaired) electrons. The largest absolute Gasteiger partial charge is 0.288 e. The summed E-state index contributed by atoms with van der Waals surface area (Å²) in [4.78, 5) is 8.56. The minimum absolute atomic E-state index is 0.120. The van der Waals surface area contributed by atoms with Gasteiger partial charge < -0.3 is 0 Å². The SMILES string of the molecule is Cc1cc2c(cc1C1CCCCC1F)CN=C2.Cc1cc2c(cc1C1CCCCC1F)CN=C2. The summed E-state index contributed by atoms with van der Waals surface area (Å²) >= 11 is 0. The van der Waals surface area contributed by atoms with E-state index in [1.807, 2.05) is 12.4 Å². The molecular weight excluding hydrogens is 426 g/mol. The van der Waals surface area contributed by atoms with Crippen LogP contribution in [-0.2, 0) is 13.1 Å². The molecule has 4 atom stereocenters.